The van der Waals surface area contributed by atoms with Crippen molar-refractivity contribution in [3.05, 3.63) is 41.5 Å². The second-order valence-electron chi connectivity index (χ2n) is 6.43. The molecular formula is C19H28F3NO3. The van der Waals surface area contributed by atoms with Crippen LogP contribution in [0.2, 0.25) is 0 Å². The summed E-state index contributed by atoms with van der Waals surface area (Å²) >= 11 is 0. The molecule has 7 heteroatoms. The highest BCUT2D eigenvalue weighted by molar-refractivity contribution is 5.39. The number of nitrogens with two attached hydrogens (primary N) is 1. The van der Waals surface area contributed by atoms with E-state index in [0.717, 1.165) is 25.3 Å². The fourth-order valence-electron chi connectivity index (χ4n) is 2.33. The first kappa shape index (κ1) is 22.5. The zero-order valence-electron chi connectivity index (χ0n) is 15.1. The molecule has 0 spiro atoms. The number of hydrogen-bond donors (Lipinski definition) is 3. The van der Waals surface area contributed by atoms with E-state index >= 15 is 0 Å². The molecule has 0 saturated carbocycles. The van der Waals surface area contributed by atoms with Crippen LogP contribution < -0.4 is 10.5 Å². The lowest BCUT2D eigenvalue weighted by atomic mass is 9.93. The van der Waals surface area contributed by atoms with E-state index in [1.165, 1.54) is 6.07 Å². The standard InChI is InChI=1S/C19H28F3NO3/c1-2-3-4-5-6-11-26-17-8-7-15(12-16(17)19(20,21)22)9-10-18(23,13-24)14-25/h5-8,12,24-25H,2-4,9-11,13-14,23H2,1H3/b6-5+. The molecular weight excluding hydrogens is 347 g/mol. The average Bonchev–Trinajstić information content (AvgIpc) is 2.62. The Morgan fingerprint density at radius 1 is 1.15 bits per heavy atom. The molecule has 148 valence electrons. The Morgan fingerprint density at radius 2 is 1.85 bits per heavy atom. The summed E-state index contributed by atoms with van der Waals surface area (Å²) in [5, 5.41) is 18.3. The van der Waals surface area contributed by atoms with E-state index in [1.54, 1.807) is 12.1 Å². The Hall–Kier alpha value is -1.57. The Morgan fingerprint density at radius 3 is 2.42 bits per heavy atom. The molecule has 0 bridgehead atoms. The van der Waals surface area contributed by atoms with Crippen molar-refractivity contribution in [2.24, 2.45) is 5.73 Å². The number of ether oxygens (including phenoxy) is 1. The van der Waals surface area contributed by atoms with Crippen LogP contribution in [0.4, 0.5) is 13.2 Å². The van der Waals surface area contributed by atoms with Crippen LogP contribution >= 0.6 is 0 Å². The maximum absolute atomic E-state index is 13.3. The molecule has 0 amide bonds. The second kappa shape index (κ2) is 10.5. The van der Waals surface area contributed by atoms with Gasteiger partial charge in [0.15, 0.2) is 0 Å². The summed E-state index contributed by atoms with van der Waals surface area (Å²) in [6, 6.07) is 3.87. The third-order valence-electron chi connectivity index (χ3n) is 4.12. The van der Waals surface area contributed by atoms with E-state index in [9.17, 15) is 23.4 Å². The van der Waals surface area contributed by atoms with Gasteiger partial charge in [0.25, 0.3) is 0 Å². The molecule has 0 atom stereocenters. The van der Waals surface area contributed by atoms with Gasteiger partial charge in [-0.25, -0.2) is 0 Å². The molecule has 0 fully saturated rings. The molecule has 0 aromatic heterocycles. The van der Waals surface area contributed by atoms with Crippen LogP contribution in [-0.2, 0) is 12.6 Å². The summed E-state index contributed by atoms with van der Waals surface area (Å²) in [5.41, 5.74) is 4.12. The predicted molar refractivity (Wildman–Crippen MR) is 95.0 cm³/mol. The lowest BCUT2D eigenvalue weighted by molar-refractivity contribution is -0.138. The molecule has 4 N–H and O–H groups in total. The van der Waals surface area contributed by atoms with Crippen molar-refractivity contribution in [1.82, 2.24) is 0 Å². The number of aliphatic hydroxyl groups excluding tert-OH is 2. The number of alkyl halides is 3. The highest BCUT2D eigenvalue weighted by atomic mass is 19.4. The highest BCUT2D eigenvalue weighted by Gasteiger charge is 2.35. The Balaban J connectivity index is 2.82. The monoisotopic (exact) mass is 375 g/mol. The van der Waals surface area contributed by atoms with Crippen LogP contribution in [-0.4, -0.2) is 35.6 Å². The molecule has 0 aliphatic heterocycles. The van der Waals surface area contributed by atoms with E-state index in [1.807, 2.05) is 6.08 Å². The molecule has 1 aromatic rings. The largest absolute Gasteiger partial charge is 0.489 e. The van der Waals surface area contributed by atoms with Gasteiger partial charge in [0.05, 0.1) is 24.3 Å². The summed E-state index contributed by atoms with van der Waals surface area (Å²) in [4.78, 5) is 0. The summed E-state index contributed by atoms with van der Waals surface area (Å²) < 4.78 is 45.2. The van der Waals surface area contributed by atoms with Crippen LogP contribution in [0.3, 0.4) is 0 Å². The number of aliphatic hydroxyl groups is 2. The minimum Gasteiger partial charge on any atom is -0.489 e. The Labute approximate surface area is 152 Å². The number of benzene rings is 1. The molecule has 0 unspecified atom stereocenters. The lowest BCUT2D eigenvalue weighted by Gasteiger charge is -2.24. The zero-order valence-corrected chi connectivity index (χ0v) is 15.1. The molecule has 0 aliphatic rings. The molecule has 0 heterocycles. The van der Waals surface area contributed by atoms with Crippen molar-refractivity contribution >= 4 is 0 Å². The minimum absolute atomic E-state index is 0.0765. The van der Waals surface area contributed by atoms with Crippen LogP contribution in [0.1, 0.15) is 43.7 Å². The number of hydrogen-bond acceptors (Lipinski definition) is 4. The molecule has 0 saturated heterocycles. The summed E-state index contributed by atoms with van der Waals surface area (Å²) in [7, 11) is 0. The predicted octanol–water partition coefficient (Wildman–Crippen LogP) is 3.45. The van der Waals surface area contributed by atoms with Crippen molar-refractivity contribution in [3.8, 4) is 5.75 Å². The average molecular weight is 375 g/mol. The fraction of sp³-hybridized carbons (Fsp3) is 0.579. The quantitative estimate of drug-likeness (QED) is 0.409. The van der Waals surface area contributed by atoms with Crippen LogP contribution in [0.25, 0.3) is 0 Å². The first-order valence-electron chi connectivity index (χ1n) is 8.74. The van der Waals surface area contributed by atoms with Gasteiger partial charge in [-0.3, -0.25) is 0 Å². The summed E-state index contributed by atoms with van der Waals surface area (Å²) in [6.45, 7) is 1.26. The van der Waals surface area contributed by atoms with Gasteiger partial charge in [0, 0.05) is 0 Å². The van der Waals surface area contributed by atoms with Gasteiger partial charge >= 0.3 is 6.18 Å². The first-order valence-corrected chi connectivity index (χ1v) is 8.74. The summed E-state index contributed by atoms with van der Waals surface area (Å²) in [6.07, 6.45) is 2.41. The zero-order chi connectivity index (χ0) is 19.6. The van der Waals surface area contributed by atoms with Crippen LogP contribution in [0.5, 0.6) is 5.75 Å². The number of aryl methyl sites for hydroxylation is 1. The smallest absolute Gasteiger partial charge is 0.419 e. The van der Waals surface area contributed by atoms with Crippen molar-refractivity contribution in [1.29, 1.82) is 0 Å². The highest BCUT2D eigenvalue weighted by Crippen LogP contribution is 2.37. The summed E-state index contributed by atoms with van der Waals surface area (Å²) in [5.74, 6) is -0.218. The van der Waals surface area contributed by atoms with E-state index in [-0.39, 0.29) is 25.2 Å². The third kappa shape index (κ3) is 7.35. The minimum atomic E-state index is -4.54. The van der Waals surface area contributed by atoms with Gasteiger partial charge < -0.3 is 20.7 Å². The fourth-order valence-corrected chi connectivity index (χ4v) is 2.33. The van der Waals surface area contributed by atoms with Gasteiger partial charge in [-0.05, 0) is 37.0 Å². The first-order chi connectivity index (χ1) is 12.3. The van der Waals surface area contributed by atoms with Gasteiger partial charge in [-0.2, -0.15) is 13.2 Å². The molecule has 4 nitrogen and oxygen atoms in total. The molecule has 0 radical (unpaired) electrons. The van der Waals surface area contributed by atoms with Crippen molar-refractivity contribution in [2.45, 2.75) is 50.7 Å². The van der Waals surface area contributed by atoms with Crippen molar-refractivity contribution in [3.63, 3.8) is 0 Å². The molecule has 0 aliphatic carbocycles. The SMILES string of the molecule is CCCC/C=C/COc1ccc(CCC(N)(CO)CO)cc1C(F)(F)F. The van der Waals surface area contributed by atoms with Crippen molar-refractivity contribution in [2.75, 3.05) is 19.8 Å². The van der Waals surface area contributed by atoms with Gasteiger partial charge in [-0.15, -0.1) is 0 Å². The van der Waals surface area contributed by atoms with Gasteiger partial charge in [0.2, 0.25) is 0 Å². The topological polar surface area (TPSA) is 75.7 Å². The maximum atomic E-state index is 13.3. The van der Waals surface area contributed by atoms with E-state index in [4.69, 9.17) is 10.5 Å². The number of allylic oxidation sites excluding steroid dienone is 1. The number of rotatable bonds is 11. The van der Waals surface area contributed by atoms with E-state index < -0.39 is 30.5 Å². The third-order valence-corrected chi connectivity index (χ3v) is 4.12. The second-order valence-corrected chi connectivity index (χ2v) is 6.43. The molecule has 1 aromatic carbocycles. The van der Waals surface area contributed by atoms with E-state index in [2.05, 4.69) is 6.92 Å². The number of halogens is 3. The van der Waals surface area contributed by atoms with Crippen molar-refractivity contribution < 1.29 is 28.1 Å². The Kier molecular flexibility index (Phi) is 9.12. The number of unbranched alkanes of at least 4 members (excludes halogenated alkanes) is 2. The van der Waals surface area contributed by atoms with Gasteiger partial charge in [-0.1, -0.05) is 38.0 Å². The molecule has 1 rings (SSSR count). The van der Waals surface area contributed by atoms with Crippen LogP contribution in [0, 0.1) is 0 Å². The maximum Gasteiger partial charge on any atom is 0.419 e. The molecule has 26 heavy (non-hydrogen) atoms. The Bertz CT molecular complexity index is 570. The van der Waals surface area contributed by atoms with Gasteiger partial charge in [0.1, 0.15) is 12.4 Å². The normalized spacial score (nSPS) is 12.7. The van der Waals surface area contributed by atoms with Crippen LogP contribution in [0.15, 0.2) is 30.4 Å². The lowest BCUT2D eigenvalue weighted by Crippen LogP contribution is -2.47. The van der Waals surface area contributed by atoms with E-state index in [0.29, 0.717) is 5.56 Å².